The van der Waals surface area contributed by atoms with Gasteiger partial charge in [-0.3, -0.25) is 4.99 Å². The number of hydrogen-bond donors (Lipinski definition) is 2. The largest absolute Gasteiger partial charge is 0.381 e. The summed E-state index contributed by atoms with van der Waals surface area (Å²) in [5, 5.41) is 6.61. The van der Waals surface area contributed by atoms with Gasteiger partial charge in [-0.15, -0.1) is 0 Å². The van der Waals surface area contributed by atoms with Gasteiger partial charge in [0.1, 0.15) is 0 Å². The molecule has 0 saturated carbocycles. The average molecular weight is 364 g/mol. The molecule has 1 unspecified atom stereocenters. The quantitative estimate of drug-likeness (QED) is 0.338. The first-order chi connectivity index (χ1) is 12.9. The summed E-state index contributed by atoms with van der Waals surface area (Å²) in [4.78, 5) is 4.23. The molecule has 1 aromatic rings. The summed E-state index contributed by atoms with van der Waals surface area (Å²) < 4.78 is 16.7. The molecule has 1 fully saturated rings. The molecule has 1 heterocycles. The van der Waals surface area contributed by atoms with Crippen LogP contribution in [0.2, 0.25) is 0 Å². The highest BCUT2D eigenvalue weighted by atomic mass is 16.5. The van der Waals surface area contributed by atoms with Gasteiger partial charge in [-0.05, 0) is 31.2 Å². The molecule has 0 spiro atoms. The molecule has 0 bridgehead atoms. The fourth-order valence-corrected chi connectivity index (χ4v) is 2.71. The van der Waals surface area contributed by atoms with E-state index in [0.717, 1.165) is 77.8 Å². The molecule has 1 aliphatic rings. The number of ether oxygens (including phenoxy) is 3. The van der Waals surface area contributed by atoms with E-state index < -0.39 is 0 Å². The SMILES string of the molecule is CN=C(NCCCOCCc1ccccc1)NCCCOC1CCOC1. The van der Waals surface area contributed by atoms with Crippen LogP contribution < -0.4 is 10.6 Å². The Labute approximate surface area is 157 Å². The van der Waals surface area contributed by atoms with E-state index >= 15 is 0 Å². The van der Waals surface area contributed by atoms with Gasteiger partial charge in [0.05, 0.1) is 19.3 Å². The minimum atomic E-state index is 0.286. The smallest absolute Gasteiger partial charge is 0.190 e. The zero-order valence-corrected chi connectivity index (χ0v) is 15.9. The summed E-state index contributed by atoms with van der Waals surface area (Å²) in [6.07, 6.45) is 4.19. The minimum absolute atomic E-state index is 0.286. The third-order valence-corrected chi connectivity index (χ3v) is 4.21. The maximum absolute atomic E-state index is 5.74. The maximum Gasteiger partial charge on any atom is 0.190 e. The molecule has 1 aliphatic heterocycles. The van der Waals surface area contributed by atoms with E-state index in [-0.39, 0.29) is 6.10 Å². The third-order valence-electron chi connectivity index (χ3n) is 4.21. The Morgan fingerprint density at radius 3 is 2.58 bits per heavy atom. The van der Waals surface area contributed by atoms with Crippen LogP contribution in [0.4, 0.5) is 0 Å². The van der Waals surface area contributed by atoms with Gasteiger partial charge in [-0.1, -0.05) is 30.3 Å². The first kappa shape index (κ1) is 20.7. The number of rotatable bonds is 12. The van der Waals surface area contributed by atoms with E-state index in [0.29, 0.717) is 0 Å². The highest BCUT2D eigenvalue weighted by Gasteiger charge is 2.15. The van der Waals surface area contributed by atoms with Crippen LogP contribution in [0.25, 0.3) is 0 Å². The van der Waals surface area contributed by atoms with Crippen molar-refractivity contribution in [1.29, 1.82) is 0 Å². The summed E-state index contributed by atoms with van der Waals surface area (Å²) in [6, 6.07) is 10.4. The Hall–Kier alpha value is -1.63. The predicted octanol–water partition coefficient (Wildman–Crippen LogP) is 2.00. The van der Waals surface area contributed by atoms with E-state index in [1.807, 2.05) is 6.07 Å². The standard InChI is InChI=1S/C20H33N3O3/c1-21-20(23-12-6-14-26-19-10-16-25-17-19)22-11-5-13-24-15-9-18-7-3-2-4-8-18/h2-4,7-8,19H,5-6,9-17H2,1H3,(H2,21,22,23). The van der Waals surface area contributed by atoms with Crippen molar-refractivity contribution in [1.82, 2.24) is 10.6 Å². The monoisotopic (exact) mass is 363 g/mol. The van der Waals surface area contributed by atoms with Gasteiger partial charge in [0.15, 0.2) is 5.96 Å². The van der Waals surface area contributed by atoms with Crippen molar-refractivity contribution in [2.24, 2.45) is 4.99 Å². The van der Waals surface area contributed by atoms with Crippen LogP contribution in [-0.2, 0) is 20.6 Å². The lowest BCUT2D eigenvalue weighted by Gasteiger charge is -2.13. The van der Waals surface area contributed by atoms with Crippen LogP contribution in [0, 0.1) is 0 Å². The Bertz CT molecular complexity index is 490. The second-order valence-electron chi connectivity index (χ2n) is 6.34. The molecule has 0 aromatic heterocycles. The molecule has 2 N–H and O–H groups in total. The van der Waals surface area contributed by atoms with E-state index in [2.05, 4.69) is 39.9 Å². The highest BCUT2D eigenvalue weighted by Crippen LogP contribution is 2.07. The van der Waals surface area contributed by atoms with Crippen molar-refractivity contribution >= 4 is 5.96 Å². The van der Waals surface area contributed by atoms with Crippen LogP contribution >= 0.6 is 0 Å². The van der Waals surface area contributed by atoms with Crippen molar-refractivity contribution in [2.45, 2.75) is 31.8 Å². The van der Waals surface area contributed by atoms with Crippen molar-refractivity contribution in [3.05, 3.63) is 35.9 Å². The topological polar surface area (TPSA) is 64.1 Å². The van der Waals surface area contributed by atoms with E-state index in [9.17, 15) is 0 Å². The third kappa shape index (κ3) is 9.17. The van der Waals surface area contributed by atoms with Crippen molar-refractivity contribution in [3.63, 3.8) is 0 Å². The maximum atomic E-state index is 5.74. The van der Waals surface area contributed by atoms with Crippen molar-refractivity contribution in [2.75, 3.05) is 53.2 Å². The minimum Gasteiger partial charge on any atom is -0.381 e. The molecule has 26 heavy (non-hydrogen) atoms. The Morgan fingerprint density at radius 1 is 1.12 bits per heavy atom. The number of nitrogens with one attached hydrogen (secondary N) is 2. The fraction of sp³-hybridized carbons (Fsp3) is 0.650. The second-order valence-corrected chi connectivity index (χ2v) is 6.34. The van der Waals surface area contributed by atoms with Crippen LogP contribution in [0.3, 0.4) is 0 Å². The Morgan fingerprint density at radius 2 is 1.88 bits per heavy atom. The van der Waals surface area contributed by atoms with Gasteiger partial charge < -0.3 is 24.8 Å². The van der Waals surface area contributed by atoms with Gasteiger partial charge in [-0.25, -0.2) is 0 Å². The lowest BCUT2D eigenvalue weighted by atomic mass is 10.2. The Balaban J connectivity index is 1.39. The van der Waals surface area contributed by atoms with E-state index in [1.54, 1.807) is 7.05 Å². The van der Waals surface area contributed by atoms with Gasteiger partial charge in [0.2, 0.25) is 0 Å². The number of guanidine groups is 1. The first-order valence-corrected chi connectivity index (χ1v) is 9.64. The molecule has 0 radical (unpaired) electrons. The molecule has 1 aromatic carbocycles. The van der Waals surface area contributed by atoms with Crippen molar-refractivity contribution in [3.8, 4) is 0 Å². The van der Waals surface area contributed by atoms with Gasteiger partial charge in [-0.2, -0.15) is 0 Å². The molecule has 0 aliphatic carbocycles. The molecular weight excluding hydrogens is 330 g/mol. The molecule has 6 heteroatoms. The Kier molecular flexibility index (Phi) is 10.8. The number of benzene rings is 1. The van der Waals surface area contributed by atoms with Gasteiger partial charge in [0.25, 0.3) is 0 Å². The molecule has 1 atom stereocenters. The van der Waals surface area contributed by atoms with Gasteiger partial charge >= 0.3 is 0 Å². The summed E-state index contributed by atoms with van der Waals surface area (Å²) in [5.41, 5.74) is 1.32. The van der Waals surface area contributed by atoms with Gasteiger partial charge in [0, 0.05) is 40.0 Å². The summed E-state index contributed by atoms with van der Waals surface area (Å²) in [6.45, 7) is 5.55. The zero-order chi connectivity index (χ0) is 18.3. The first-order valence-electron chi connectivity index (χ1n) is 9.64. The van der Waals surface area contributed by atoms with Crippen LogP contribution in [-0.4, -0.2) is 65.2 Å². The molecule has 0 amide bonds. The van der Waals surface area contributed by atoms with Crippen LogP contribution in [0.5, 0.6) is 0 Å². The molecule has 6 nitrogen and oxygen atoms in total. The summed E-state index contributed by atoms with van der Waals surface area (Å²) in [7, 11) is 1.79. The second kappa shape index (κ2) is 13.6. The van der Waals surface area contributed by atoms with E-state index in [1.165, 1.54) is 5.56 Å². The fourth-order valence-electron chi connectivity index (χ4n) is 2.71. The molecule has 146 valence electrons. The summed E-state index contributed by atoms with van der Waals surface area (Å²) >= 11 is 0. The lowest BCUT2D eigenvalue weighted by molar-refractivity contribution is 0.0420. The lowest BCUT2D eigenvalue weighted by Crippen LogP contribution is -2.38. The number of nitrogens with zero attached hydrogens (tertiary/aromatic N) is 1. The number of aliphatic imine (C=N–C) groups is 1. The normalized spacial score (nSPS) is 17.4. The number of hydrogen-bond acceptors (Lipinski definition) is 4. The zero-order valence-electron chi connectivity index (χ0n) is 15.9. The highest BCUT2D eigenvalue weighted by molar-refractivity contribution is 5.79. The van der Waals surface area contributed by atoms with Crippen molar-refractivity contribution < 1.29 is 14.2 Å². The van der Waals surface area contributed by atoms with E-state index in [4.69, 9.17) is 14.2 Å². The summed E-state index contributed by atoms with van der Waals surface area (Å²) in [5.74, 6) is 0.832. The van der Waals surface area contributed by atoms with Crippen LogP contribution in [0.1, 0.15) is 24.8 Å². The predicted molar refractivity (Wildman–Crippen MR) is 105 cm³/mol. The van der Waals surface area contributed by atoms with Crippen LogP contribution in [0.15, 0.2) is 35.3 Å². The molecular formula is C20H33N3O3. The molecule has 2 rings (SSSR count). The molecule has 1 saturated heterocycles. The average Bonchev–Trinajstić information content (AvgIpc) is 3.19.